The predicted molar refractivity (Wildman–Crippen MR) is 67.1 cm³/mol. The molecule has 0 fully saturated rings. The monoisotopic (exact) mass is 273 g/mol. The minimum atomic E-state index is 1.01. The fourth-order valence-corrected chi connectivity index (χ4v) is 2.36. The lowest BCUT2D eigenvalue weighted by atomic mass is 10.2. The summed E-state index contributed by atoms with van der Waals surface area (Å²) >= 11 is 3.54. The Morgan fingerprint density at radius 1 is 0.938 bits per heavy atom. The topological polar surface area (TPSA) is 19.9 Å². The van der Waals surface area contributed by atoms with Gasteiger partial charge in [0.15, 0.2) is 5.52 Å². The van der Waals surface area contributed by atoms with Crippen molar-refractivity contribution in [3.8, 4) is 11.4 Å². The predicted octanol–water partition coefficient (Wildman–Crippen LogP) is 3.18. The summed E-state index contributed by atoms with van der Waals surface area (Å²) in [6, 6.07) is 16.4. The molecule has 0 bridgehead atoms. The van der Waals surface area contributed by atoms with Crippen molar-refractivity contribution in [1.29, 1.82) is 0 Å². The molecule has 0 aliphatic heterocycles. The van der Waals surface area contributed by atoms with Crippen LogP contribution in [-0.2, 0) is 0 Å². The van der Waals surface area contributed by atoms with E-state index in [9.17, 15) is 0 Å². The quantitative estimate of drug-likeness (QED) is 0.658. The van der Waals surface area contributed by atoms with E-state index in [2.05, 4.69) is 49.7 Å². The molecule has 0 aliphatic carbocycles. The summed E-state index contributed by atoms with van der Waals surface area (Å²) < 4.78 is 3.14. The van der Waals surface area contributed by atoms with Crippen LogP contribution >= 0.6 is 15.9 Å². The first-order valence-corrected chi connectivity index (χ1v) is 5.89. The highest BCUT2D eigenvalue weighted by molar-refractivity contribution is 9.10. The van der Waals surface area contributed by atoms with Crippen LogP contribution in [0.15, 0.2) is 59.3 Å². The number of aromatic nitrogens is 2. The number of nitrogens with one attached hydrogen (secondary N) is 1. The summed E-state index contributed by atoms with van der Waals surface area (Å²) in [6.45, 7) is 0. The second-order valence-electron chi connectivity index (χ2n) is 3.61. The number of H-pyrrole nitrogens is 1. The minimum Gasteiger partial charge on any atom is -0.230 e. The first-order chi connectivity index (χ1) is 7.86. The van der Waals surface area contributed by atoms with Gasteiger partial charge in [0.25, 0.3) is 5.82 Å². The summed E-state index contributed by atoms with van der Waals surface area (Å²) in [5, 5.41) is 0. The SMILES string of the molecule is Brc1[nH]c(-c2ccccc2)[n+]2ccccc12. The standard InChI is InChI=1S/C13H9BrN2/c14-12-11-8-4-5-9-16(11)13(15-12)10-6-2-1-3-7-10/h1-9H/p+1. The van der Waals surface area contributed by atoms with Crippen LogP contribution in [0.25, 0.3) is 16.9 Å². The largest absolute Gasteiger partial charge is 0.292 e. The molecule has 0 saturated heterocycles. The van der Waals surface area contributed by atoms with Gasteiger partial charge in [0, 0.05) is 15.9 Å². The van der Waals surface area contributed by atoms with Gasteiger partial charge in [-0.05, 0) is 24.3 Å². The maximum absolute atomic E-state index is 3.54. The average molecular weight is 274 g/mol. The summed E-state index contributed by atoms with van der Waals surface area (Å²) in [6.07, 6.45) is 2.05. The third kappa shape index (κ3) is 1.44. The normalized spacial score (nSPS) is 10.8. The van der Waals surface area contributed by atoms with E-state index < -0.39 is 0 Å². The first kappa shape index (κ1) is 9.60. The van der Waals surface area contributed by atoms with E-state index in [1.165, 1.54) is 5.56 Å². The van der Waals surface area contributed by atoms with Crippen LogP contribution in [0.5, 0.6) is 0 Å². The Morgan fingerprint density at radius 2 is 1.69 bits per heavy atom. The average Bonchev–Trinajstić information content (AvgIpc) is 2.69. The van der Waals surface area contributed by atoms with Gasteiger partial charge in [0.05, 0.1) is 11.8 Å². The molecular formula is C13H10BrN2+. The molecule has 1 aromatic carbocycles. The Hall–Kier alpha value is -1.61. The van der Waals surface area contributed by atoms with E-state index in [-0.39, 0.29) is 0 Å². The molecule has 1 N–H and O–H groups in total. The highest BCUT2D eigenvalue weighted by atomic mass is 79.9. The van der Waals surface area contributed by atoms with Gasteiger partial charge in [-0.1, -0.05) is 24.3 Å². The lowest BCUT2D eigenvalue weighted by Crippen LogP contribution is -2.20. The van der Waals surface area contributed by atoms with Gasteiger partial charge in [0.1, 0.15) is 0 Å². The van der Waals surface area contributed by atoms with Crippen molar-refractivity contribution >= 4 is 21.4 Å². The van der Waals surface area contributed by atoms with Gasteiger partial charge in [-0.2, -0.15) is 4.40 Å². The summed E-state index contributed by atoms with van der Waals surface area (Å²) in [4.78, 5) is 3.35. The van der Waals surface area contributed by atoms with E-state index >= 15 is 0 Å². The molecule has 2 heterocycles. The number of benzene rings is 1. The van der Waals surface area contributed by atoms with Crippen LogP contribution < -0.4 is 4.40 Å². The Bertz CT molecular complexity index is 629. The van der Waals surface area contributed by atoms with Crippen LogP contribution in [0.3, 0.4) is 0 Å². The molecule has 0 radical (unpaired) electrons. The Balaban J connectivity index is 2.33. The number of halogens is 1. The summed E-state index contributed by atoms with van der Waals surface area (Å²) in [5.74, 6) is 1.09. The molecule has 0 unspecified atom stereocenters. The van der Waals surface area contributed by atoms with Crippen molar-refractivity contribution in [2.24, 2.45) is 0 Å². The number of rotatable bonds is 1. The van der Waals surface area contributed by atoms with Crippen LogP contribution in [0.1, 0.15) is 0 Å². The van der Waals surface area contributed by atoms with Gasteiger partial charge in [0.2, 0.25) is 4.60 Å². The zero-order chi connectivity index (χ0) is 11.0. The van der Waals surface area contributed by atoms with Gasteiger partial charge < -0.3 is 0 Å². The number of hydrogen-bond acceptors (Lipinski definition) is 0. The Labute approximate surface area is 102 Å². The van der Waals surface area contributed by atoms with Gasteiger partial charge in [-0.3, -0.25) is 0 Å². The van der Waals surface area contributed by atoms with Gasteiger partial charge >= 0.3 is 0 Å². The van der Waals surface area contributed by atoms with Crippen molar-refractivity contribution < 1.29 is 4.40 Å². The van der Waals surface area contributed by atoms with Crippen molar-refractivity contribution in [2.45, 2.75) is 0 Å². The number of pyridine rings is 1. The van der Waals surface area contributed by atoms with Crippen LogP contribution in [0, 0.1) is 0 Å². The smallest absolute Gasteiger partial charge is 0.230 e. The Kier molecular flexibility index (Phi) is 2.26. The number of aromatic amines is 1. The number of hydrogen-bond donors (Lipinski definition) is 1. The molecule has 16 heavy (non-hydrogen) atoms. The van der Waals surface area contributed by atoms with Crippen LogP contribution in [0.2, 0.25) is 0 Å². The van der Waals surface area contributed by atoms with Gasteiger partial charge in [-0.25, -0.2) is 4.98 Å². The highest BCUT2D eigenvalue weighted by Crippen LogP contribution is 2.20. The van der Waals surface area contributed by atoms with E-state index in [1.807, 2.05) is 30.3 Å². The molecule has 78 valence electrons. The second-order valence-corrected chi connectivity index (χ2v) is 4.40. The molecule has 2 aromatic heterocycles. The van der Waals surface area contributed by atoms with Crippen molar-refractivity contribution in [2.75, 3.05) is 0 Å². The fourth-order valence-electron chi connectivity index (χ4n) is 1.85. The van der Waals surface area contributed by atoms with Crippen molar-refractivity contribution in [3.63, 3.8) is 0 Å². The second kappa shape index (κ2) is 3.76. The number of fused-ring (bicyclic) bond motifs is 1. The lowest BCUT2D eigenvalue weighted by Gasteiger charge is -1.92. The third-order valence-corrected chi connectivity index (χ3v) is 3.21. The molecule has 3 heteroatoms. The van der Waals surface area contributed by atoms with Crippen molar-refractivity contribution in [3.05, 3.63) is 59.3 Å². The maximum Gasteiger partial charge on any atom is 0.292 e. The number of imidazole rings is 1. The zero-order valence-electron chi connectivity index (χ0n) is 8.52. The molecule has 0 amide bonds. The molecule has 0 atom stereocenters. The molecule has 3 aromatic rings. The lowest BCUT2D eigenvalue weighted by molar-refractivity contribution is -0.498. The Morgan fingerprint density at radius 3 is 2.50 bits per heavy atom. The molecule has 0 saturated carbocycles. The molecule has 2 nitrogen and oxygen atoms in total. The minimum absolute atomic E-state index is 1.01. The van der Waals surface area contributed by atoms with E-state index in [4.69, 9.17) is 0 Å². The van der Waals surface area contributed by atoms with Crippen molar-refractivity contribution in [1.82, 2.24) is 4.98 Å². The summed E-state index contributed by atoms with van der Waals surface area (Å²) in [7, 11) is 0. The number of nitrogens with zero attached hydrogens (tertiary/aromatic N) is 1. The van der Waals surface area contributed by atoms with E-state index in [0.29, 0.717) is 0 Å². The molecule has 0 aliphatic rings. The molecule has 3 rings (SSSR count). The van der Waals surface area contributed by atoms with Crippen LogP contribution in [-0.4, -0.2) is 4.98 Å². The molecule has 0 spiro atoms. The molecular weight excluding hydrogens is 264 g/mol. The zero-order valence-corrected chi connectivity index (χ0v) is 10.1. The first-order valence-electron chi connectivity index (χ1n) is 5.09. The van der Waals surface area contributed by atoms with E-state index in [1.54, 1.807) is 0 Å². The summed E-state index contributed by atoms with van der Waals surface area (Å²) in [5.41, 5.74) is 2.32. The van der Waals surface area contributed by atoms with Gasteiger partial charge in [-0.15, -0.1) is 0 Å². The maximum atomic E-state index is 3.54. The highest BCUT2D eigenvalue weighted by Gasteiger charge is 2.16. The fraction of sp³-hybridized carbons (Fsp3) is 0. The van der Waals surface area contributed by atoms with E-state index in [0.717, 1.165) is 15.9 Å². The van der Waals surface area contributed by atoms with Crippen LogP contribution in [0.4, 0.5) is 0 Å². The third-order valence-electron chi connectivity index (χ3n) is 2.60.